The van der Waals surface area contributed by atoms with Crippen LogP contribution in [0.1, 0.15) is 19.3 Å². The predicted molar refractivity (Wildman–Crippen MR) is 83.5 cm³/mol. The van der Waals surface area contributed by atoms with Crippen LogP contribution in [0.4, 0.5) is 5.13 Å². The summed E-state index contributed by atoms with van der Waals surface area (Å²) in [6.07, 6.45) is 6.87. The molecule has 0 aliphatic carbocycles. The number of anilines is 1. The number of aromatic nitrogens is 2. The fourth-order valence-electron chi connectivity index (χ4n) is 3.23. The normalized spacial score (nSPS) is 22.4. The molecule has 2 aromatic rings. The van der Waals surface area contributed by atoms with E-state index in [-0.39, 0.29) is 5.92 Å². The predicted octanol–water partition coefficient (Wildman–Crippen LogP) is 2.14. The maximum absolute atomic E-state index is 12.5. The summed E-state index contributed by atoms with van der Waals surface area (Å²) >= 11 is 1.69. The Morgan fingerprint density at radius 1 is 1.29 bits per heavy atom. The first-order valence-corrected chi connectivity index (χ1v) is 8.37. The van der Waals surface area contributed by atoms with Crippen LogP contribution in [0.5, 0.6) is 0 Å². The number of carbonyl (C=O) groups excluding carboxylic acids is 1. The third-order valence-corrected chi connectivity index (χ3v) is 5.50. The number of pyridine rings is 1. The lowest BCUT2D eigenvalue weighted by atomic mass is 10.1. The monoisotopic (exact) mass is 302 g/mol. The van der Waals surface area contributed by atoms with Crippen LogP contribution in [0.3, 0.4) is 0 Å². The fraction of sp³-hybridized carbons (Fsp3) is 0.533. The molecule has 4 heterocycles. The zero-order valence-electron chi connectivity index (χ0n) is 11.9. The maximum atomic E-state index is 12.5. The van der Waals surface area contributed by atoms with Crippen molar-refractivity contribution >= 4 is 32.6 Å². The van der Waals surface area contributed by atoms with Crippen LogP contribution in [-0.2, 0) is 4.79 Å². The molecule has 0 radical (unpaired) electrons. The van der Waals surface area contributed by atoms with E-state index in [1.807, 2.05) is 11.0 Å². The maximum Gasteiger partial charge on any atom is 0.227 e. The van der Waals surface area contributed by atoms with Gasteiger partial charge in [-0.15, -0.1) is 0 Å². The van der Waals surface area contributed by atoms with Gasteiger partial charge in [0.05, 0.1) is 16.8 Å². The van der Waals surface area contributed by atoms with Gasteiger partial charge >= 0.3 is 0 Å². The van der Waals surface area contributed by atoms with E-state index in [0.29, 0.717) is 5.91 Å². The Hall–Kier alpha value is -1.69. The SMILES string of the molecule is O=C(C1CCN(c2nc3cnccc3s2)C1)N1CCCC1. The molecule has 2 fully saturated rings. The number of carbonyl (C=O) groups is 1. The average Bonchev–Trinajstić information content (AvgIpc) is 3.24. The zero-order chi connectivity index (χ0) is 14.2. The fourth-order valence-corrected chi connectivity index (χ4v) is 4.20. The van der Waals surface area contributed by atoms with Crippen molar-refractivity contribution in [2.45, 2.75) is 19.3 Å². The van der Waals surface area contributed by atoms with Gasteiger partial charge in [0.1, 0.15) is 5.52 Å². The number of hydrogen-bond acceptors (Lipinski definition) is 5. The van der Waals surface area contributed by atoms with Gasteiger partial charge in [0, 0.05) is 32.4 Å². The highest BCUT2D eigenvalue weighted by Crippen LogP contribution is 2.32. The van der Waals surface area contributed by atoms with Gasteiger partial charge in [-0.3, -0.25) is 9.78 Å². The minimum absolute atomic E-state index is 0.147. The molecule has 6 heteroatoms. The summed E-state index contributed by atoms with van der Waals surface area (Å²) in [5, 5.41) is 1.02. The molecule has 0 spiro atoms. The zero-order valence-corrected chi connectivity index (χ0v) is 12.7. The Kier molecular flexibility index (Phi) is 3.25. The van der Waals surface area contributed by atoms with Gasteiger partial charge in [-0.2, -0.15) is 0 Å². The number of hydrogen-bond donors (Lipinski definition) is 0. The second-order valence-electron chi connectivity index (χ2n) is 5.80. The van der Waals surface area contributed by atoms with Crippen LogP contribution >= 0.6 is 11.3 Å². The van der Waals surface area contributed by atoms with Crippen molar-refractivity contribution in [3.8, 4) is 0 Å². The Morgan fingerprint density at radius 2 is 2.14 bits per heavy atom. The van der Waals surface area contributed by atoms with E-state index < -0.39 is 0 Å². The van der Waals surface area contributed by atoms with E-state index in [1.165, 1.54) is 0 Å². The molecular formula is C15H18N4OS. The second-order valence-corrected chi connectivity index (χ2v) is 6.81. The molecule has 2 aliphatic rings. The van der Waals surface area contributed by atoms with E-state index in [1.54, 1.807) is 23.7 Å². The third kappa shape index (κ3) is 2.37. The molecule has 0 saturated carbocycles. The number of likely N-dealkylation sites (tertiary alicyclic amines) is 1. The Bertz CT molecular complexity index is 631. The molecule has 21 heavy (non-hydrogen) atoms. The van der Waals surface area contributed by atoms with Crippen molar-refractivity contribution in [1.29, 1.82) is 0 Å². The minimum Gasteiger partial charge on any atom is -0.347 e. The molecular weight excluding hydrogens is 284 g/mol. The Balaban J connectivity index is 1.49. The first kappa shape index (κ1) is 13.0. The summed E-state index contributed by atoms with van der Waals surface area (Å²) < 4.78 is 1.16. The molecule has 110 valence electrons. The van der Waals surface area contributed by atoms with Crippen molar-refractivity contribution in [3.05, 3.63) is 18.5 Å². The smallest absolute Gasteiger partial charge is 0.227 e. The quantitative estimate of drug-likeness (QED) is 0.853. The summed E-state index contributed by atoms with van der Waals surface area (Å²) in [5.74, 6) is 0.492. The van der Waals surface area contributed by atoms with E-state index >= 15 is 0 Å². The van der Waals surface area contributed by atoms with E-state index in [0.717, 1.165) is 60.8 Å². The van der Waals surface area contributed by atoms with Crippen molar-refractivity contribution < 1.29 is 4.79 Å². The summed E-state index contributed by atoms with van der Waals surface area (Å²) in [6, 6.07) is 2.00. The molecule has 1 atom stereocenters. The number of rotatable bonds is 2. The van der Waals surface area contributed by atoms with Crippen LogP contribution in [0.25, 0.3) is 10.2 Å². The average molecular weight is 302 g/mol. The number of fused-ring (bicyclic) bond motifs is 1. The van der Waals surface area contributed by atoms with Gasteiger partial charge in [-0.1, -0.05) is 11.3 Å². The highest BCUT2D eigenvalue weighted by molar-refractivity contribution is 7.22. The Labute approximate surface area is 127 Å². The van der Waals surface area contributed by atoms with Gasteiger partial charge in [0.2, 0.25) is 5.91 Å². The molecule has 1 amide bonds. The van der Waals surface area contributed by atoms with Crippen molar-refractivity contribution in [2.24, 2.45) is 5.92 Å². The van der Waals surface area contributed by atoms with Crippen LogP contribution < -0.4 is 4.90 Å². The minimum atomic E-state index is 0.147. The number of amides is 1. The van der Waals surface area contributed by atoms with E-state index in [9.17, 15) is 4.79 Å². The molecule has 0 N–H and O–H groups in total. The Morgan fingerprint density at radius 3 is 2.95 bits per heavy atom. The largest absolute Gasteiger partial charge is 0.347 e. The number of nitrogens with zero attached hydrogens (tertiary/aromatic N) is 4. The lowest BCUT2D eigenvalue weighted by Crippen LogP contribution is -2.35. The van der Waals surface area contributed by atoms with Crippen LogP contribution in [0.15, 0.2) is 18.5 Å². The molecule has 0 bridgehead atoms. The molecule has 4 rings (SSSR count). The highest BCUT2D eigenvalue weighted by Gasteiger charge is 2.33. The summed E-state index contributed by atoms with van der Waals surface area (Å²) in [5.41, 5.74) is 0.951. The molecule has 2 aliphatic heterocycles. The second kappa shape index (κ2) is 5.26. The molecule has 1 unspecified atom stereocenters. The van der Waals surface area contributed by atoms with Gasteiger partial charge in [0.25, 0.3) is 0 Å². The molecule has 2 aromatic heterocycles. The summed E-state index contributed by atoms with van der Waals surface area (Å²) in [7, 11) is 0. The molecule has 5 nitrogen and oxygen atoms in total. The van der Waals surface area contributed by atoms with Crippen molar-refractivity contribution in [1.82, 2.24) is 14.9 Å². The third-order valence-electron chi connectivity index (χ3n) is 4.40. The lowest BCUT2D eigenvalue weighted by Gasteiger charge is -2.20. The molecule has 0 aromatic carbocycles. The first-order valence-electron chi connectivity index (χ1n) is 7.55. The van der Waals surface area contributed by atoms with Crippen molar-refractivity contribution in [2.75, 3.05) is 31.1 Å². The summed E-state index contributed by atoms with van der Waals surface area (Å²) in [6.45, 7) is 3.63. The first-order chi connectivity index (χ1) is 10.3. The van der Waals surface area contributed by atoms with Crippen LogP contribution in [0.2, 0.25) is 0 Å². The van der Waals surface area contributed by atoms with Gasteiger partial charge in [-0.25, -0.2) is 4.98 Å². The topological polar surface area (TPSA) is 49.3 Å². The molecule has 2 saturated heterocycles. The van der Waals surface area contributed by atoms with E-state index in [4.69, 9.17) is 0 Å². The van der Waals surface area contributed by atoms with Crippen LogP contribution in [-0.4, -0.2) is 47.0 Å². The van der Waals surface area contributed by atoms with Gasteiger partial charge in [0.15, 0.2) is 5.13 Å². The number of thiazole rings is 1. The van der Waals surface area contributed by atoms with Gasteiger partial charge < -0.3 is 9.80 Å². The standard InChI is InChI=1S/C15H18N4OS/c20-14(18-6-1-2-7-18)11-4-8-19(10-11)15-17-12-9-16-5-3-13(12)21-15/h3,5,9,11H,1-2,4,6-8,10H2. The van der Waals surface area contributed by atoms with Gasteiger partial charge in [-0.05, 0) is 25.3 Å². The van der Waals surface area contributed by atoms with E-state index in [2.05, 4.69) is 14.9 Å². The van der Waals surface area contributed by atoms with Crippen molar-refractivity contribution in [3.63, 3.8) is 0 Å². The lowest BCUT2D eigenvalue weighted by molar-refractivity contribution is -0.133. The van der Waals surface area contributed by atoms with Crippen LogP contribution in [0, 0.1) is 5.92 Å². The highest BCUT2D eigenvalue weighted by atomic mass is 32.1. The summed E-state index contributed by atoms with van der Waals surface area (Å²) in [4.78, 5) is 25.5.